The van der Waals surface area contributed by atoms with E-state index < -0.39 is 0 Å². The number of hydrogen-bond acceptors (Lipinski definition) is 2. The Morgan fingerprint density at radius 1 is 1.62 bits per heavy atom. The lowest BCUT2D eigenvalue weighted by atomic mass is 10.0. The second-order valence-corrected chi connectivity index (χ2v) is 2.97. The van der Waals surface area contributed by atoms with Gasteiger partial charge in [-0.15, -0.1) is 6.58 Å². The molecule has 0 atom stereocenters. The number of ketones is 1. The molecule has 0 saturated carbocycles. The second kappa shape index (κ2) is 3.90. The van der Waals surface area contributed by atoms with Gasteiger partial charge in [-0.25, -0.2) is 0 Å². The van der Waals surface area contributed by atoms with E-state index in [0.717, 1.165) is 11.1 Å². The molecule has 0 bridgehead atoms. The maximum Gasteiger partial charge on any atom is 0.160 e. The minimum Gasteiger partial charge on any atom is -0.399 e. The van der Waals surface area contributed by atoms with Crippen LogP contribution in [0.4, 0.5) is 5.69 Å². The van der Waals surface area contributed by atoms with Crippen LogP contribution in [0.15, 0.2) is 30.9 Å². The number of Topliss-reactive ketones (excluding diaryl/α,β-unsaturated/α-hetero) is 1. The van der Waals surface area contributed by atoms with Gasteiger partial charge in [0.15, 0.2) is 5.78 Å². The minimum atomic E-state index is 0.0665. The van der Waals surface area contributed by atoms with E-state index in [1.165, 1.54) is 0 Å². The Bertz CT molecular complexity index is 342. The van der Waals surface area contributed by atoms with Gasteiger partial charge in [0.2, 0.25) is 0 Å². The number of nitrogens with two attached hydrogens (primary N) is 1. The molecule has 0 aromatic heterocycles. The zero-order valence-electron chi connectivity index (χ0n) is 7.71. The van der Waals surface area contributed by atoms with Crippen molar-refractivity contribution in [2.24, 2.45) is 0 Å². The van der Waals surface area contributed by atoms with Crippen molar-refractivity contribution >= 4 is 11.5 Å². The summed E-state index contributed by atoms with van der Waals surface area (Å²) in [6.07, 6.45) is 2.45. The molecule has 1 aromatic rings. The summed E-state index contributed by atoms with van der Waals surface area (Å²) in [6, 6.07) is 5.32. The highest BCUT2D eigenvalue weighted by molar-refractivity contribution is 5.96. The van der Waals surface area contributed by atoms with E-state index in [9.17, 15) is 4.79 Å². The van der Waals surface area contributed by atoms with Crippen molar-refractivity contribution in [3.05, 3.63) is 42.0 Å². The Morgan fingerprint density at radius 2 is 2.31 bits per heavy atom. The first kappa shape index (κ1) is 9.52. The second-order valence-electron chi connectivity index (χ2n) is 2.97. The first-order valence-corrected chi connectivity index (χ1v) is 4.15. The molecule has 0 amide bonds. The molecule has 0 fully saturated rings. The summed E-state index contributed by atoms with van der Waals surface area (Å²) in [5.74, 6) is 0.0665. The Labute approximate surface area is 78.1 Å². The number of anilines is 1. The van der Waals surface area contributed by atoms with Gasteiger partial charge in [-0.2, -0.15) is 0 Å². The predicted octanol–water partition coefficient (Wildman–Crippen LogP) is 2.20. The normalized spacial score (nSPS) is 9.62. The first-order valence-electron chi connectivity index (χ1n) is 4.15. The largest absolute Gasteiger partial charge is 0.399 e. The van der Waals surface area contributed by atoms with E-state index in [0.29, 0.717) is 12.1 Å². The van der Waals surface area contributed by atoms with Gasteiger partial charge >= 0.3 is 0 Å². The smallest absolute Gasteiger partial charge is 0.160 e. The van der Waals surface area contributed by atoms with E-state index in [1.807, 2.05) is 6.07 Å². The van der Waals surface area contributed by atoms with Crippen molar-refractivity contribution in [1.82, 2.24) is 0 Å². The standard InChI is InChI=1S/C11H13NO/c1-3-4-9-7-10(12)5-6-11(9)8(2)13/h3,5-7H,1,4,12H2,2H3. The van der Waals surface area contributed by atoms with E-state index in [-0.39, 0.29) is 5.78 Å². The zero-order valence-corrected chi connectivity index (χ0v) is 7.71. The van der Waals surface area contributed by atoms with Gasteiger partial charge in [0.25, 0.3) is 0 Å². The lowest BCUT2D eigenvalue weighted by molar-refractivity contribution is 0.101. The van der Waals surface area contributed by atoms with Gasteiger partial charge in [0, 0.05) is 11.3 Å². The average Bonchev–Trinajstić information content (AvgIpc) is 2.04. The van der Waals surface area contributed by atoms with E-state index in [1.54, 1.807) is 25.1 Å². The molecule has 13 heavy (non-hydrogen) atoms. The lowest BCUT2D eigenvalue weighted by Crippen LogP contribution is -2.00. The van der Waals surface area contributed by atoms with Gasteiger partial charge in [-0.05, 0) is 37.1 Å². The average molecular weight is 175 g/mol. The van der Waals surface area contributed by atoms with Crippen molar-refractivity contribution in [2.45, 2.75) is 13.3 Å². The van der Waals surface area contributed by atoms with Gasteiger partial charge < -0.3 is 5.73 Å². The molecule has 0 unspecified atom stereocenters. The fourth-order valence-corrected chi connectivity index (χ4v) is 1.28. The molecule has 1 aromatic carbocycles. The molecular formula is C11H13NO. The third-order valence-electron chi connectivity index (χ3n) is 1.87. The maximum atomic E-state index is 11.2. The number of benzene rings is 1. The van der Waals surface area contributed by atoms with Crippen LogP contribution in [-0.2, 0) is 6.42 Å². The Kier molecular flexibility index (Phi) is 2.85. The highest BCUT2D eigenvalue weighted by Crippen LogP contribution is 2.15. The van der Waals surface area contributed by atoms with Gasteiger partial charge in [0.1, 0.15) is 0 Å². The van der Waals surface area contributed by atoms with Crippen molar-refractivity contribution in [3.8, 4) is 0 Å². The minimum absolute atomic E-state index is 0.0665. The molecule has 0 aliphatic heterocycles. The molecule has 0 saturated heterocycles. The molecule has 0 radical (unpaired) electrons. The molecule has 2 N–H and O–H groups in total. The molecule has 1 rings (SSSR count). The van der Waals surface area contributed by atoms with Crippen molar-refractivity contribution in [3.63, 3.8) is 0 Å². The molecular weight excluding hydrogens is 162 g/mol. The highest BCUT2D eigenvalue weighted by atomic mass is 16.1. The van der Waals surface area contributed by atoms with Crippen molar-refractivity contribution in [1.29, 1.82) is 0 Å². The van der Waals surface area contributed by atoms with Crippen LogP contribution in [0.3, 0.4) is 0 Å². The van der Waals surface area contributed by atoms with Crippen LogP contribution in [0, 0.1) is 0 Å². The van der Waals surface area contributed by atoms with E-state index in [2.05, 4.69) is 6.58 Å². The molecule has 0 aliphatic carbocycles. The Balaban J connectivity index is 3.17. The monoisotopic (exact) mass is 175 g/mol. The number of nitrogen functional groups attached to an aromatic ring is 1. The summed E-state index contributed by atoms with van der Waals surface area (Å²) < 4.78 is 0. The fourth-order valence-electron chi connectivity index (χ4n) is 1.28. The molecule has 0 heterocycles. The van der Waals surface area contributed by atoms with E-state index in [4.69, 9.17) is 5.73 Å². The quantitative estimate of drug-likeness (QED) is 0.434. The van der Waals surface area contributed by atoms with Crippen LogP contribution in [0.5, 0.6) is 0 Å². The number of hydrogen-bond donors (Lipinski definition) is 1. The SMILES string of the molecule is C=CCc1cc(N)ccc1C(C)=O. The summed E-state index contributed by atoms with van der Waals surface area (Å²) in [6.45, 7) is 5.19. The summed E-state index contributed by atoms with van der Waals surface area (Å²) in [5.41, 5.74) is 7.97. The summed E-state index contributed by atoms with van der Waals surface area (Å²) in [7, 11) is 0. The molecule has 0 spiro atoms. The Hall–Kier alpha value is -1.57. The predicted molar refractivity (Wildman–Crippen MR) is 54.8 cm³/mol. The van der Waals surface area contributed by atoms with Gasteiger partial charge in [-0.3, -0.25) is 4.79 Å². The molecule has 68 valence electrons. The topological polar surface area (TPSA) is 43.1 Å². The third kappa shape index (κ3) is 2.18. The molecule has 2 heteroatoms. The Morgan fingerprint density at radius 3 is 2.85 bits per heavy atom. The van der Waals surface area contributed by atoms with Gasteiger partial charge in [-0.1, -0.05) is 6.08 Å². The summed E-state index contributed by atoms with van der Waals surface area (Å²) in [5, 5.41) is 0. The van der Waals surface area contributed by atoms with Crippen molar-refractivity contribution in [2.75, 3.05) is 5.73 Å². The number of carbonyl (C=O) groups excluding carboxylic acids is 1. The third-order valence-corrected chi connectivity index (χ3v) is 1.87. The van der Waals surface area contributed by atoms with Crippen LogP contribution in [0.2, 0.25) is 0 Å². The van der Waals surface area contributed by atoms with Crippen LogP contribution in [0.25, 0.3) is 0 Å². The first-order chi connectivity index (χ1) is 6.15. The zero-order chi connectivity index (χ0) is 9.84. The number of rotatable bonds is 3. The van der Waals surface area contributed by atoms with Gasteiger partial charge in [0.05, 0.1) is 0 Å². The van der Waals surface area contributed by atoms with E-state index >= 15 is 0 Å². The maximum absolute atomic E-state index is 11.2. The summed E-state index contributed by atoms with van der Waals surface area (Å²) in [4.78, 5) is 11.2. The molecule has 0 aliphatic rings. The molecule has 2 nitrogen and oxygen atoms in total. The van der Waals surface area contributed by atoms with Crippen LogP contribution < -0.4 is 5.73 Å². The summed E-state index contributed by atoms with van der Waals surface area (Å²) >= 11 is 0. The number of carbonyl (C=O) groups is 1. The van der Waals surface area contributed by atoms with Crippen LogP contribution in [0.1, 0.15) is 22.8 Å². The number of allylic oxidation sites excluding steroid dienone is 1. The fraction of sp³-hybridized carbons (Fsp3) is 0.182. The van der Waals surface area contributed by atoms with Crippen LogP contribution >= 0.6 is 0 Å². The lowest BCUT2D eigenvalue weighted by Gasteiger charge is -2.05. The highest BCUT2D eigenvalue weighted by Gasteiger charge is 2.05. The van der Waals surface area contributed by atoms with Crippen molar-refractivity contribution < 1.29 is 4.79 Å². The van der Waals surface area contributed by atoms with Crippen LogP contribution in [-0.4, -0.2) is 5.78 Å².